The molecule has 0 aromatic carbocycles. The summed E-state index contributed by atoms with van der Waals surface area (Å²) in [4.78, 5) is 11.0. The monoisotopic (exact) mass is 168 g/mol. The predicted octanol–water partition coefficient (Wildman–Crippen LogP) is 1.78. The zero-order valence-electron chi connectivity index (χ0n) is 7.58. The van der Waals surface area contributed by atoms with Gasteiger partial charge in [0, 0.05) is 6.61 Å². The van der Waals surface area contributed by atoms with Gasteiger partial charge in [0.25, 0.3) is 0 Å². The molecule has 2 saturated carbocycles. The number of aldehydes is 1. The number of ether oxygens (including phenoxy) is 1. The van der Waals surface area contributed by atoms with Gasteiger partial charge < -0.3 is 9.53 Å². The van der Waals surface area contributed by atoms with E-state index in [0.29, 0.717) is 12.5 Å². The molecule has 2 fully saturated rings. The van der Waals surface area contributed by atoms with Crippen LogP contribution in [0.15, 0.2) is 0 Å². The summed E-state index contributed by atoms with van der Waals surface area (Å²) in [7, 11) is 0. The number of hydrogen-bond acceptors (Lipinski definition) is 2. The highest BCUT2D eigenvalue weighted by atomic mass is 16.5. The summed E-state index contributed by atoms with van der Waals surface area (Å²) in [5.74, 6) is 1.30. The van der Waals surface area contributed by atoms with Crippen LogP contribution in [0.3, 0.4) is 0 Å². The molecule has 2 heteroatoms. The van der Waals surface area contributed by atoms with Crippen LogP contribution in [0.4, 0.5) is 0 Å². The van der Waals surface area contributed by atoms with E-state index in [-0.39, 0.29) is 5.60 Å². The topological polar surface area (TPSA) is 26.3 Å². The Bertz CT molecular complexity index is 190. The number of fused-ring (bicyclic) bond motifs is 2. The van der Waals surface area contributed by atoms with Crippen LogP contribution < -0.4 is 0 Å². The highest BCUT2D eigenvalue weighted by Gasteiger charge is 2.51. The molecule has 12 heavy (non-hydrogen) atoms. The largest absolute Gasteiger partial charge is 0.368 e. The van der Waals surface area contributed by atoms with Crippen molar-refractivity contribution in [3.63, 3.8) is 0 Å². The third-order valence-corrected chi connectivity index (χ3v) is 3.45. The van der Waals surface area contributed by atoms with E-state index in [1.165, 1.54) is 19.3 Å². The van der Waals surface area contributed by atoms with Gasteiger partial charge in [0.15, 0.2) is 6.29 Å². The van der Waals surface area contributed by atoms with Crippen molar-refractivity contribution in [2.45, 2.75) is 38.2 Å². The maximum absolute atomic E-state index is 11.0. The van der Waals surface area contributed by atoms with Gasteiger partial charge in [-0.2, -0.15) is 0 Å². The molecule has 0 heterocycles. The first-order chi connectivity index (χ1) is 5.80. The molecule has 0 amide bonds. The predicted molar refractivity (Wildman–Crippen MR) is 45.9 cm³/mol. The Morgan fingerprint density at radius 3 is 2.83 bits per heavy atom. The zero-order valence-corrected chi connectivity index (χ0v) is 7.58. The molecule has 2 nitrogen and oxygen atoms in total. The minimum absolute atomic E-state index is 0.377. The highest BCUT2D eigenvalue weighted by molar-refractivity contribution is 5.64. The third kappa shape index (κ3) is 1.01. The van der Waals surface area contributed by atoms with Crippen molar-refractivity contribution in [2.75, 3.05) is 6.61 Å². The summed E-state index contributed by atoms with van der Waals surface area (Å²) >= 11 is 0. The van der Waals surface area contributed by atoms with Crippen LogP contribution in [-0.4, -0.2) is 18.5 Å². The first-order valence-corrected chi connectivity index (χ1v) is 4.91. The minimum atomic E-state index is -0.377. The van der Waals surface area contributed by atoms with E-state index in [1.54, 1.807) is 0 Å². The van der Waals surface area contributed by atoms with Crippen molar-refractivity contribution in [1.82, 2.24) is 0 Å². The molecule has 2 bridgehead atoms. The smallest absolute Gasteiger partial charge is 0.152 e. The summed E-state index contributed by atoms with van der Waals surface area (Å²) in [6.45, 7) is 2.64. The van der Waals surface area contributed by atoms with Crippen molar-refractivity contribution >= 4 is 6.29 Å². The lowest BCUT2D eigenvalue weighted by atomic mass is 9.85. The minimum Gasteiger partial charge on any atom is -0.368 e. The van der Waals surface area contributed by atoms with Crippen LogP contribution in [-0.2, 0) is 9.53 Å². The van der Waals surface area contributed by atoms with Crippen molar-refractivity contribution in [1.29, 1.82) is 0 Å². The summed E-state index contributed by atoms with van der Waals surface area (Å²) in [5.41, 5.74) is -0.377. The average Bonchev–Trinajstić information content (AvgIpc) is 2.64. The van der Waals surface area contributed by atoms with E-state index in [9.17, 15) is 4.79 Å². The van der Waals surface area contributed by atoms with E-state index in [0.717, 1.165) is 18.6 Å². The van der Waals surface area contributed by atoms with Crippen molar-refractivity contribution in [2.24, 2.45) is 11.8 Å². The lowest BCUT2D eigenvalue weighted by Crippen LogP contribution is -2.40. The Kier molecular flexibility index (Phi) is 1.95. The van der Waals surface area contributed by atoms with E-state index >= 15 is 0 Å². The van der Waals surface area contributed by atoms with Gasteiger partial charge in [-0.05, 0) is 44.4 Å². The van der Waals surface area contributed by atoms with Crippen LogP contribution in [0, 0.1) is 11.8 Å². The summed E-state index contributed by atoms with van der Waals surface area (Å²) in [5, 5.41) is 0. The Morgan fingerprint density at radius 1 is 1.58 bits per heavy atom. The summed E-state index contributed by atoms with van der Waals surface area (Å²) in [6.07, 6.45) is 5.77. The van der Waals surface area contributed by atoms with Gasteiger partial charge >= 0.3 is 0 Å². The van der Waals surface area contributed by atoms with Crippen LogP contribution in [0.25, 0.3) is 0 Å². The Balaban J connectivity index is 2.13. The van der Waals surface area contributed by atoms with Gasteiger partial charge in [-0.3, -0.25) is 0 Å². The SMILES string of the molecule is CCOC1(C=O)CC2CCC1C2. The molecule has 2 aliphatic rings. The Morgan fingerprint density at radius 2 is 2.42 bits per heavy atom. The maximum atomic E-state index is 11.0. The molecule has 0 aliphatic heterocycles. The van der Waals surface area contributed by atoms with Crippen LogP contribution in [0.5, 0.6) is 0 Å². The quantitative estimate of drug-likeness (QED) is 0.600. The third-order valence-electron chi connectivity index (χ3n) is 3.45. The van der Waals surface area contributed by atoms with Crippen LogP contribution in [0.2, 0.25) is 0 Å². The fraction of sp³-hybridized carbons (Fsp3) is 0.900. The first-order valence-electron chi connectivity index (χ1n) is 4.91. The van der Waals surface area contributed by atoms with E-state index in [4.69, 9.17) is 4.74 Å². The molecule has 0 spiro atoms. The second-order valence-electron chi connectivity index (χ2n) is 4.09. The fourth-order valence-electron chi connectivity index (χ4n) is 2.95. The van der Waals surface area contributed by atoms with Gasteiger partial charge in [-0.1, -0.05) is 0 Å². The molecule has 0 saturated heterocycles. The van der Waals surface area contributed by atoms with Crippen molar-refractivity contribution in [3.05, 3.63) is 0 Å². The van der Waals surface area contributed by atoms with E-state index < -0.39 is 0 Å². The van der Waals surface area contributed by atoms with Gasteiger partial charge in [-0.25, -0.2) is 0 Å². The molecule has 3 atom stereocenters. The zero-order chi connectivity index (χ0) is 8.60. The molecular formula is C10H16O2. The van der Waals surface area contributed by atoms with Crippen LogP contribution >= 0.6 is 0 Å². The Labute approximate surface area is 73.3 Å². The number of carbonyl (C=O) groups is 1. The number of carbonyl (C=O) groups excluding carboxylic acids is 1. The van der Waals surface area contributed by atoms with E-state index in [1.807, 2.05) is 6.92 Å². The maximum Gasteiger partial charge on any atom is 0.152 e. The fourth-order valence-corrected chi connectivity index (χ4v) is 2.95. The molecule has 0 N–H and O–H groups in total. The lowest BCUT2D eigenvalue weighted by Gasteiger charge is -2.31. The van der Waals surface area contributed by atoms with Gasteiger partial charge in [0.2, 0.25) is 0 Å². The number of rotatable bonds is 3. The second-order valence-corrected chi connectivity index (χ2v) is 4.09. The molecule has 3 unspecified atom stereocenters. The first kappa shape index (κ1) is 8.24. The second kappa shape index (κ2) is 2.84. The molecule has 0 radical (unpaired) electrons. The van der Waals surface area contributed by atoms with Crippen molar-refractivity contribution in [3.8, 4) is 0 Å². The number of hydrogen-bond donors (Lipinski definition) is 0. The van der Waals surface area contributed by atoms with Gasteiger partial charge in [0.05, 0.1) is 0 Å². The standard InChI is InChI=1S/C10H16O2/c1-2-12-10(7-11)6-8-3-4-9(10)5-8/h7-9H,2-6H2,1H3. The summed E-state index contributed by atoms with van der Waals surface area (Å²) < 4.78 is 5.61. The molecule has 2 rings (SSSR count). The molecule has 0 aromatic heterocycles. The van der Waals surface area contributed by atoms with Gasteiger partial charge in [-0.15, -0.1) is 0 Å². The molecule has 0 aromatic rings. The molecule has 2 aliphatic carbocycles. The van der Waals surface area contributed by atoms with Gasteiger partial charge in [0.1, 0.15) is 5.60 Å². The lowest BCUT2D eigenvalue weighted by molar-refractivity contribution is -0.138. The summed E-state index contributed by atoms with van der Waals surface area (Å²) in [6, 6.07) is 0. The Hall–Kier alpha value is -0.370. The highest BCUT2D eigenvalue weighted by Crippen LogP contribution is 2.51. The molecular weight excluding hydrogens is 152 g/mol. The average molecular weight is 168 g/mol. The normalized spacial score (nSPS) is 45.1. The van der Waals surface area contributed by atoms with Crippen LogP contribution in [0.1, 0.15) is 32.6 Å². The molecule has 68 valence electrons. The van der Waals surface area contributed by atoms with Crippen molar-refractivity contribution < 1.29 is 9.53 Å². The van der Waals surface area contributed by atoms with E-state index in [2.05, 4.69) is 0 Å².